The Hall–Kier alpha value is -2.04. The van der Waals surface area contributed by atoms with Crippen molar-refractivity contribution in [3.8, 4) is 0 Å². The van der Waals surface area contributed by atoms with Gasteiger partial charge in [0.15, 0.2) is 0 Å². The summed E-state index contributed by atoms with van der Waals surface area (Å²) in [6, 6.07) is 3.36. The second-order valence-corrected chi connectivity index (χ2v) is 4.34. The van der Waals surface area contributed by atoms with Crippen LogP contribution in [0.2, 0.25) is 0 Å². The van der Waals surface area contributed by atoms with Crippen LogP contribution in [0.25, 0.3) is 0 Å². The van der Waals surface area contributed by atoms with Crippen LogP contribution in [0.4, 0.5) is 8.78 Å². The van der Waals surface area contributed by atoms with Gasteiger partial charge in [0, 0.05) is 23.7 Å². The van der Waals surface area contributed by atoms with Crippen LogP contribution >= 0.6 is 0 Å². The van der Waals surface area contributed by atoms with E-state index in [-0.39, 0.29) is 12.0 Å². The standard InChI is InChI=1S/C14H14F2N2O/c1-3-11-8(2)17-13(18-14(11)19)6-9-4-5-10(15)7-12(9)16/h4-5,7H,3,6H2,1-2H3,(H,17,18,19). The molecule has 0 fully saturated rings. The monoisotopic (exact) mass is 264 g/mol. The molecule has 1 aromatic heterocycles. The summed E-state index contributed by atoms with van der Waals surface area (Å²) in [5.74, 6) is -0.884. The summed E-state index contributed by atoms with van der Waals surface area (Å²) in [5, 5.41) is 0. The van der Waals surface area contributed by atoms with Crippen molar-refractivity contribution in [3.05, 3.63) is 62.8 Å². The van der Waals surface area contributed by atoms with Gasteiger partial charge in [0.25, 0.3) is 5.56 Å². The highest BCUT2D eigenvalue weighted by molar-refractivity contribution is 5.23. The molecule has 0 aliphatic rings. The SMILES string of the molecule is CCc1c(C)nc(Cc2ccc(F)cc2F)[nH]c1=O. The molecule has 0 spiro atoms. The molecule has 0 amide bonds. The maximum Gasteiger partial charge on any atom is 0.254 e. The van der Waals surface area contributed by atoms with Gasteiger partial charge in [0.05, 0.1) is 0 Å². The van der Waals surface area contributed by atoms with E-state index in [1.54, 1.807) is 6.92 Å². The van der Waals surface area contributed by atoms with Gasteiger partial charge in [-0.05, 0) is 25.0 Å². The van der Waals surface area contributed by atoms with Crippen LogP contribution in [0, 0.1) is 18.6 Å². The summed E-state index contributed by atoms with van der Waals surface area (Å²) in [4.78, 5) is 18.7. The van der Waals surface area contributed by atoms with E-state index in [0.717, 1.165) is 6.07 Å². The van der Waals surface area contributed by atoms with Gasteiger partial charge >= 0.3 is 0 Å². The molecule has 3 nitrogen and oxygen atoms in total. The summed E-state index contributed by atoms with van der Waals surface area (Å²) in [7, 11) is 0. The van der Waals surface area contributed by atoms with Crippen LogP contribution in [0.5, 0.6) is 0 Å². The van der Waals surface area contributed by atoms with Crippen LogP contribution < -0.4 is 5.56 Å². The molecule has 0 aliphatic carbocycles. The predicted molar refractivity (Wildman–Crippen MR) is 68.1 cm³/mol. The molecule has 0 aliphatic heterocycles. The number of hydrogen-bond donors (Lipinski definition) is 1. The maximum absolute atomic E-state index is 13.5. The Kier molecular flexibility index (Phi) is 3.74. The van der Waals surface area contributed by atoms with Crippen molar-refractivity contribution >= 4 is 0 Å². The van der Waals surface area contributed by atoms with E-state index < -0.39 is 11.6 Å². The largest absolute Gasteiger partial charge is 0.310 e. The molecule has 2 aromatic rings. The molecule has 1 aromatic carbocycles. The lowest BCUT2D eigenvalue weighted by Crippen LogP contribution is -2.18. The quantitative estimate of drug-likeness (QED) is 0.925. The number of aromatic nitrogens is 2. The molecule has 1 heterocycles. The van der Waals surface area contributed by atoms with Crippen LogP contribution in [0.1, 0.15) is 29.6 Å². The Bertz CT molecular complexity index is 665. The van der Waals surface area contributed by atoms with Crippen molar-refractivity contribution in [1.82, 2.24) is 9.97 Å². The Morgan fingerprint density at radius 1 is 1.32 bits per heavy atom. The van der Waals surface area contributed by atoms with Gasteiger partial charge in [0.2, 0.25) is 0 Å². The number of hydrogen-bond acceptors (Lipinski definition) is 2. The van der Waals surface area contributed by atoms with Crippen molar-refractivity contribution in [1.29, 1.82) is 0 Å². The van der Waals surface area contributed by atoms with Gasteiger partial charge in [-0.3, -0.25) is 4.79 Å². The number of aryl methyl sites for hydroxylation is 1. The normalized spacial score (nSPS) is 10.7. The number of halogens is 2. The highest BCUT2D eigenvalue weighted by Gasteiger charge is 2.09. The van der Waals surface area contributed by atoms with Crippen molar-refractivity contribution in [2.24, 2.45) is 0 Å². The van der Waals surface area contributed by atoms with E-state index in [0.29, 0.717) is 29.1 Å². The Morgan fingerprint density at radius 2 is 2.05 bits per heavy atom. The smallest absolute Gasteiger partial charge is 0.254 e. The number of nitrogens with one attached hydrogen (secondary N) is 1. The predicted octanol–water partition coefficient (Wildman–Crippen LogP) is 2.51. The highest BCUT2D eigenvalue weighted by atomic mass is 19.1. The van der Waals surface area contributed by atoms with Crippen LogP contribution in [-0.4, -0.2) is 9.97 Å². The van der Waals surface area contributed by atoms with Crippen LogP contribution in [0.15, 0.2) is 23.0 Å². The molecule has 5 heteroatoms. The molecular formula is C14H14F2N2O. The Morgan fingerprint density at radius 3 is 2.63 bits per heavy atom. The van der Waals surface area contributed by atoms with E-state index in [2.05, 4.69) is 9.97 Å². The number of benzene rings is 1. The van der Waals surface area contributed by atoms with Crippen molar-refractivity contribution in [2.75, 3.05) is 0 Å². The van der Waals surface area contributed by atoms with Crippen molar-refractivity contribution in [2.45, 2.75) is 26.7 Å². The highest BCUT2D eigenvalue weighted by Crippen LogP contribution is 2.12. The van der Waals surface area contributed by atoms with Crippen molar-refractivity contribution in [3.63, 3.8) is 0 Å². The minimum atomic E-state index is -0.639. The molecule has 0 unspecified atom stereocenters. The molecule has 100 valence electrons. The van der Waals surface area contributed by atoms with Gasteiger partial charge in [-0.2, -0.15) is 0 Å². The number of aromatic amines is 1. The summed E-state index contributed by atoms with van der Waals surface area (Å²) in [6.45, 7) is 3.62. The lowest BCUT2D eigenvalue weighted by Gasteiger charge is -2.06. The van der Waals surface area contributed by atoms with Crippen LogP contribution in [-0.2, 0) is 12.8 Å². The minimum absolute atomic E-state index is 0.131. The van der Waals surface area contributed by atoms with E-state index >= 15 is 0 Å². The first-order valence-electron chi connectivity index (χ1n) is 6.04. The third kappa shape index (κ3) is 2.86. The average molecular weight is 264 g/mol. The molecule has 1 N–H and O–H groups in total. The Labute approximate surface area is 109 Å². The van der Waals surface area contributed by atoms with Gasteiger partial charge in [-0.15, -0.1) is 0 Å². The van der Waals surface area contributed by atoms with E-state index in [4.69, 9.17) is 0 Å². The van der Waals surface area contributed by atoms with Gasteiger partial charge in [0.1, 0.15) is 17.5 Å². The van der Waals surface area contributed by atoms with Crippen LogP contribution in [0.3, 0.4) is 0 Å². The number of rotatable bonds is 3. The zero-order valence-corrected chi connectivity index (χ0v) is 10.8. The zero-order chi connectivity index (χ0) is 14.0. The maximum atomic E-state index is 13.5. The molecule has 0 saturated heterocycles. The number of nitrogens with zero attached hydrogens (tertiary/aromatic N) is 1. The minimum Gasteiger partial charge on any atom is -0.310 e. The van der Waals surface area contributed by atoms with E-state index in [1.807, 2.05) is 6.92 Å². The molecule has 0 atom stereocenters. The second kappa shape index (κ2) is 5.30. The zero-order valence-electron chi connectivity index (χ0n) is 10.8. The number of H-pyrrole nitrogens is 1. The summed E-state index contributed by atoms with van der Waals surface area (Å²) in [6.07, 6.45) is 0.728. The fourth-order valence-electron chi connectivity index (χ4n) is 2.01. The fraction of sp³-hybridized carbons (Fsp3) is 0.286. The van der Waals surface area contributed by atoms with Gasteiger partial charge in [-0.1, -0.05) is 13.0 Å². The first kappa shape index (κ1) is 13.4. The van der Waals surface area contributed by atoms with Crippen molar-refractivity contribution < 1.29 is 8.78 Å². The lowest BCUT2D eigenvalue weighted by atomic mass is 10.1. The summed E-state index contributed by atoms with van der Waals surface area (Å²) >= 11 is 0. The van der Waals surface area contributed by atoms with E-state index in [1.165, 1.54) is 12.1 Å². The fourth-order valence-corrected chi connectivity index (χ4v) is 2.01. The van der Waals surface area contributed by atoms with Gasteiger partial charge < -0.3 is 4.98 Å². The first-order chi connectivity index (χ1) is 9.01. The molecule has 0 radical (unpaired) electrons. The molecular weight excluding hydrogens is 250 g/mol. The van der Waals surface area contributed by atoms with Gasteiger partial charge in [-0.25, -0.2) is 13.8 Å². The second-order valence-electron chi connectivity index (χ2n) is 4.34. The molecule has 2 rings (SSSR count). The molecule has 0 saturated carbocycles. The summed E-state index contributed by atoms with van der Waals surface area (Å²) in [5.41, 5.74) is 1.37. The first-order valence-corrected chi connectivity index (χ1v) is 6.04. The lowest BCUT2D eigenvalue weighted by molar-refractivity contribution is 0.573. The Balaban J connectivity index is 2.36. The topological polar surface area (TPSA) is 45.8 Å². The summed E-state index contributed by atoms with van der Waals surface area (Å²) < 4.78 is 26.3. The third-order valence-corrected chi connectivity index (χ3v) is 3.00. The molecule has 19 heavy (non-hydrogen) atoms. The third-order valence-electron chi connectivity index (χ3n) is 3.00. The van der Waals surface area contributed by atoms with E-state index in [9.17, 15) is 13.6 Å². The average Bonchev–Trinajstić information content (AvgIpc) is 2.32. The molecule has 0 bridgehead atoms.